The fourth-order valence-corrected chi connectivity index (χ4v) is 4.92. The molecular formula is C22H26N2O7S. The van der Waals surface area contributed by atoms with Gasteiger partial charge in [-0.05, 0) is 49.2 Å². The maximum atomic E-state index is 12.8. The van der Waals surface area contributed by atoms with Gasteiger partial charge in [-0.3, -0.25) is 4.79 Å². The highest BCUT2D eigenvalue weighted by atomic mass is 32.2. The van der Waals surface area contributed by atoms with E-state index in [0.717, 1.165) is 19.3 Å². The Labute approximate surface area is 187 Å². The SMILES string of the molecule is COC(=O)c1ccc(OCC(=O)Nc2cccc(S(=O)(=O)N3CCCCC3)c2)c(OC)c1. The van der Waals surface area contributed by atoms with Crippen LogP contribution in [0.15, 0.2) is 47.4 Å². The van der Waals surface area contributed by atoms with E-state index >= 15 is 0 Å². The third-order valence-corrected chi connectivity index (χ3v) is 6.91. The smallest absolute Gasteiger partial charge is 0.337 e. The Balaban J connectivity index is 1.64. The zero-order chi connectivity index (χ0) is 23.1. The van der Waals surface area contributed by atoms with Gasteiger partial charge in [-0.25, -0.2) is 13.2 Å². The number of ether oxygens (including phenoxy) is 3. The molecule has 172 valence electrons. The highest BCUT2D eigenvalue weighted by Gasteiger charge is 2.26. The number of carbonyl (C=O) groups is 2. The van der Waals surface area contributed by atoms with Crippen LogP contribution in [0.25, 0.3) is 0 Å². The van der Waals surface area contributed by atoms with Crippen LogP contribution < -0.4 is 14.8 Å². The molecule has 9 nitrogen and oxygen atoms in total. The molecule has 1 saturated heterocycles. The van der Waals surface area contributed by atoms with Crippen LogP contribution in [0.1, 0.15) is 29.6 Å². The molecule has 1 aliphatic rings. The molecule has 10 heteroatoms. The third-order valence-electron chi connectivity index (χ3n) is 5.01. The molecule has 2 aromatic carbocycles. The summed E-state index contributed by atoms with van der Waals surface area (Å²) >= 11 is 0. The molecule has 2 aromatic rings. The first-order chi connectivity index (χ1) is 15.3. The van der Waals surface area contributed by atoms with E-state index in [0.29, 0.717) is 18.8 Å². The molecular weight excluding hydrogens is 436 g/mol. The number of piperidine rings is 1. The number of methoxy groups -OCH3 is 2. The van der Waals surface area contributed by atoms with Crippen molar-refractivity contribution in [3.05, 3.63) is 48.0 Å². The Morgan fingerprint density at radius 2 is 1.75 bits per heavy atom. The van der Waals surface area contributed by atoms with E-state index in [1.165, 1.54) is 48.9 Å². The number of hydrogen-bond acceptors (Lipinski definition) is 7. The number of rotatable bonds is 8. The molecule has 0 atom stereocenters. The fraction of sp³-hybridized carbons (Fsp3) is 0.364. The largest absolute Gasteiger partial charge is 0.493 e. The van der Waals surface area contributed by atoms with Gasteiger partial charge in [0, 0.05) is 18.8 Å². The Morgan fingerprint density at radius 3 is 2.44 bits per heavy atom. The molecule has 0 unspecified atom stereocenters. The van der Waals surface area contributed by atoms with Gasteiger partial charge in [0.1, 0.15) is 0 Å². The van der Waals surface area contributed by atoms with Crippen LogP contribution in [0, 0.1) is 0 Å². The van der Waals surface area contributed by atoms with Crippen LogP contribution in [0.2, 0.25) is 0 Å². The zero-order valence-electron chi connectivity index (χ0n) is 18.0. The third kappa shape index (κ3) is 5.57. The van der Waals surface area contributed by atoms with Crippen LogP contribution >= 0.6 is 0 Å². The molecule has 1 N–H and O–H groups in total. The van der Waals surface area contributed by atoms with E-state index in [1.807, 2.05) is 0 Å². The highest BCUT2D eigenvalue weighted by Crippen LogP contribution is 2.28. The lowest BCUT2D eigenvalue weighted by Gasteiger charge is -2.26. The van der Waals surface area contributed by atoms with Crippen LogP contribution in [-0.2, 0) is 19.6 Å². The summed E-state index contributed by atoms with van der Waals surface area (Å²) in [4.78, 5) is 24.1. The van der Waals surface area contributed by atoms with Gasteiger partial charge in [-0.1, -0.05) is 12.5 Å². The molecule has 32 heavy (non-hydrogen) atoms. The van der Waals surface area contributed by atoms with Crippen molar-refractivity contribution >= 4 is 27.6 Å². The number of hydrogen-bond donors (Lipinski definition) is 1. The van der Waals surface area contributed by atoms with E-state index in [1.54, 1.807) is 12.1 Å². The summed E-state index contributed by atoms with van der Waals surface area (Å²) in [5.41, 5.74) is 0.637. The number of nitrogens with zero attached hydrogens (tertiary/aromatic N) is 1. The molecule has 1 fully saturated rings. The summed E-state index contributed by atoms with van der Waals surface area (Å²) in [5, 5.41) is 2.64. The van der Waals surface area contributed by atoms with Gasteiger partial charge >= 0.3 is 5.97 Å². The minimum Gasteiger partial charge on any atom is -0.493 e. The Morgan fingerprint density at radius 1 is 1.00 bits per heavy atom. The molecule has 0 radical (unpaired) electrons. The van der Waals surface area contributed by atoms with Gasteiger partial charge in [0.15, 0.2) is 18.1 Å². The molecule has 3 rings (SSSR count). The van der Waals surface area contributed by atoms with Gasteiger partial charge in [0.2, 0.25) is 10.0 Å². The summed E-state index contributed by atoms with van der Waals surface area (Å²) < 4.78 is 42.5. The molecule has 1 amide bonds. The molecule has 0 bridgehead atoms. The van der Waals surface area contributed by atoms with Crippen molar-refractivity contribution in [3.63, 3.8) is 0 Å². The second kappa shape index (κ2) is 10.5. The molecule has 0 aromatic heterocycles. The van der Waals surface area contributed by atoms with Gasteiger partial charge in [-0.15, -0.1) is 0 Å². The number of benzene rings is 2. The number of carbonyl (C=O) groups excluding carboxylic acids is 2. The maximum absolute atomic E-state index is 12.8. The average Bonchev–Trinajstić information content (AvgIpc) is 2.82. The van der Waals surface area contributed by atoms with Crippen molar-refractivity contribution in [3.8, 4) is 11.5 Å². The molecule has 0 spiro atoms. The Kier molecular flexibility index (Phi) is 7.70. The first-order valence-electron chi connectivity index (χ1n) is 10.1. The normalized spacial score (nSPS) is 14.4. The first-order valence-corrected chi connectivity index (χ1v) is 11.6. The predicted octanol–water partition coefficient (Wildman–Crippen LogP) is 2.67. The lowest BCUT2D eigenvalue weighted by Crippen LogP contribution is -2.35. The van der Waals surface area contributed by atoms with Crippen molar-refractivity contribution in [1.82, 2.24) is 4.31 Å². The predicted molar refractivity (Wildman–Crippen MR) is 118 cm³/mol. The minimum absolute atomic E-state index is 0.137. The van der Waals surface area contributed by atoms with Crippen molar-refractivity contribution in [1.29, 1.82) is 0 Å². The fourth-order valence-electron chi connectivity index (χ4n) is 3.36. The number of amides is 1. The second-order valence-electron chi connectivity index (χ2n) is 7.19. The summed E-state index contributed by atoms with van der Waals surface area (Å²) in [7, 11) is -0.913. The molecule has 1 aliphatic heterocycles. The monoisotopic (exact) mass is 462 g/mol. The Bertz CT molecular complexity index is 1080. The van der Waals surface area contributed by atoms with E-state index in [4.69, 9.17) is 9.47 Å². The van der Waals surface area contributed by atoms with Crippen LogP contribution in [0.4, 0.5) is 5.69 Å². The highest BCUT2D eigenvalue weighted by molar-refractivity contribution is 7.89. The van der Waals surface area contributed by atoms with Gasteiger partial charge in [-0.2, -0.15) is 4.31 Å². The molecule has 0 aliphatic carbocycles. The Hall–Kier alpha value is -3.11. The summed E-state index contributed by atoms with van der Waals surface area (Å²) in [6.45, 7) is 0.670. The van der Waals surface area contributed by atoms with Crippen molar-refractivity contribution < 1.29 is 32.2 Å². The molecule has 1 heterocycles. The van der Waals surface area contributed by atoms with Crippen molar-refractivity contribution in [2.24, 2.45) is 0 Å². The number of esters is 1. The summed E-state index contributed by atoms with van der Waals surface area (Å²) in [6.07, 6.45) is 2.71. The average molecular weight is 463 g/mol. The standard InChI is InChI=1S/C22H26N2O7S/c1-29-20-13-16(22(26)30-2)9-10-19(20)31-15-21(25)23-17-7-6-8-18(14-17)32(27,28)24-11-4-3-5-12-24/h6-10,13-14H,3-5,11-12,15H2,1-2H3,(H,23,25). The van der Waals surface area contributed by atoms with E-state index < -0.39 is 21.9 Å². The van der Waals surface area contributed by atoms with Gasteiger partial charge < -0.3 is 19.5 Å². The van der Waals surface area contributed by atoms with E-state index in [2.05, 4.69) is 10.1 Å². The lowest BCUT2D eigenvalue weighted by molar-refractivity contribution is -0.118. The number of anilines is 1. The lowest BCUT2D eigenvalue weighted by atomic mass is 10.2. The number of sulfonamides is 1. The minimum atomic E-state index is -3.60. The topological polar surface area (TPSA) is 111 Å². The van der Waals surface area contributed by atoms with E-state index in [-0.39, 0.29) is 28.6 Å². The van der Waals surface area contributed by atoms with Gasteiger partial charge in [0.05, 0.1) is 24.7 Å². The van der Waals surface area contributed by atoms with Crippen molar-refractivity contribution in [2.45, 2.75) is 24.2 Å². The number of nitrogens with one attached hydrogen (secondary N) is 1. The molecule has 0 saturated carbocycles. The first kappa shape index (κ1) is 23.6. The summed E-state index contributed by atoms with van der Waals surface area (Å²) in [6, 6.07) is 10.6. The zero-order valence-corrected chi connectivity index (χ0v) is 18.8. The summed E-state index contributed by atoms with van der Waals surface area (Å²) in [5.74, 6) is -0.448. The quantitative estimate of drug-likeness (QED) is 0.601. The van der Waals surface area contributed by atoms with Crippen LogP contribution in [0.5, 0.6) is 11.5 Å². The van der Waals surface area contributed by atoms with Gasteiger partial charge in [0.25, 0.3) is 5.91 Å². The second-order valence-corrected chi connectivity index (χ2v) is 9.12. The van der Waals surface area contributed by atoms with Crippen LogP contribution in [0.3, 0.4) is 0 Å². The van der Waals surface area contributed by atoms with E-state index in [9.17, 15) is 18.0 Å². The van der Waals surface area contributed by atoms with Crippen LogP contribution in [-0.4, -0.2) is 58.5 Å². The maximum Gasteiger partial charge on any atom is 0.337 e. The van der Waals surface area contributed by atoms with Crippen molar-refractivity contribution in [2.75, 3.05) is 39.2 Å².